The second-order valence-electron chi connectivity index (χ2n) is 16.1. The van der Waals surface area contributed by atoms with Gasteiger partial charge < -0.3 is 28.3 Å². The van der Waals surface area contributed by atoms with Crippen molar-refractivity contribution in [2.45, 2.75) is 76.9 Å². The van der Waals surface area contributed by atoms with E-state index in [-0.39, 0.29) is 40.2 Å². The topological polar surface area (TPSA) is 121 Å². The van der Waals surface area contributed by atoms with E-state index in [0.29, 0.717) is 35.7 Å². The third-order valence-corrected chi connectivity index (χ3v) is 16.4. The van der Waals surface area contributed by atoms with Crippen LogP contribution in [0.1, 0.15) is 76.4 Å². The smallest absolute Gasteiger partial charge is 0.265 e. The van der Waals surface area contributed by atoms with Crippen molar-refractivity contribution in [3.63, 3.8) is 0 Å². The highest BCUT2D eigenvalue weighted by Crippen LogP contribution is 2.60. The van der Waals surface area contributed by atoms with E-state index >= 15 is 9.59 Å². The van der Waals surface area contributed by atoms with Crippen molar-refractivity contribution in [1.29, 1.82) is 0 Å². The molecule has 0 bridgehead atoms. The predicted octanol–water partition coefficient (Wildman–Crippen LogP) is 8.18. The van der Waals surface area contributed by atoms with Crippen LogP contribution >= 0.6 is 0 Å². The van der Waals surface area contributed by atoms with Gasteiger partial charge in [0.05, 0.1) is 20.3 Å². The summed E-state index contributed by atoms with van der Waals surface area (Å²) in [5.74, 6) is -0.507. The van der Waals surface area contributed by atoms with Gasteiger partial charge in [0.15, 0.2) is 25.5 Å². The zero-order valence-electron chi connectivity index (χ0n) is 31.7. The van der Waals surface area contributed by atoms with Gasteiger partial charge >= 0.3 is 0 Å². The van der Waals surface area contributed by atoms with Crippen LogP contribution in [0.4, 0.5) is 0 Å². The van der Waals surface area contributed by atoms with Crippen LogP contribution in [0.5, 0.6) is 17.4 Å². The van der Waals surface area contributed by atoms with Crippen LogP contribution in [0.15, 0.2) is 64.4 Å². The fourth-order valence-electron chi connectivity index (χ4n) is 8.39. The number of aliphatic hydroxyl groups excluding tert-OH is 1. The summed E-state index contributed by atoms with van der Waals surface area (Å²) < 4.78 is 31.0. The minimum Gasteiger partial charge on any atom is -0.508 e. The summed E-state index contributed by atoms with van der Waals surface area (Å²) in [7, 11) is 4.21. The lowest BCUT2D eigenvalue weighted by atomic mass is 9.58. The van der Waals surface area contributed by atoms with Gasteiger partial charge in [0.1, 0.15) is 29.4 Å². The van der Waals surface area contributed by atoms with Crippen molar-refractivity contribution in [2.24, 2.45) is 11.8 Å². The molecule has 52 heavy (non-hydrogen) atoms. The van der Waals surface area contributed by atoms with E-state index in [2.05, 4.69) is 39.0 Å². The maximum atomic E-state index is 15.4. The lowest BCUT2D eigenvalue weighted by molar-refractivity contribution is -0.0480. The number of methoxy groups -OCH3 is 2. The van der Waals surface area contributed by atoms with Crippen LogP contribution in [0, 0.1) is 18.8 Å². The number of hydrogen-bond donors (Lipinski definition) is 1. The Hall–Kier alpha value is -4.45. The molecular formula is C41H48N2O8Si. The molecule has 7 rings (SSSR count). The maximum absolute atomic E-state index is 15.4. The van der Waals surface area contributed by atoms with Gasteiger partial charge in [-0.15, -0.1) is 0 Å². The Morgan fingerprint density at radius 3 is 2.37 bits per heavy atom. The van der Waals surface area contributed by atoms with E-state index in [4.69, 9.17) is 23.2 Å². The average Bonchev–Trinajstić information content (AvgIpc) is 3.51. The highest BCUT2D eigenvalue weighted by Gasteiger charge is 2.67. The van der Waals surface area contributed by atoms with Crippen LogP contribution < -0.4 is 14.2 Å². The minimum atomic E-state index is -2.84. The van der Waals surface area contributed by atoms with Gasteiger partial charge in [0.25, 0.3) is 5.88 Å². The maximum Gasteiger partial charge on any atom is 0.265 e. The van der Waals surface area contributed by atoms with Gasteiger partial charge in [0.2, 0.25) is 5.78 Å². The molecule has 0 spiro atoms. The van der Waals surface area contributed by atoms with Gasteiger partial charge in [-0.3, -0.25) is 14.5 Å². The summed E-state index contributed by atoms with van der Waals surface area (Å²) in [4.78, 5) is 32.5. The van der Waals surface area contributed by atoms with Gasteiger partial charge in [-0.2, -0.15) is 0 Å². The van der Waals surface area contributed by atoms with Crippen molar-refractivity contribution in [3.05, 3.63) is 93.4 Å². The number of fused-ring (bicyclic) bond motifs is 5. The standard InChI is InChI=1S/C41H48N2O8Si/c1-22-27-20-25(47-7)16-17-26(27)35(48-8)28-18-24-19-29-33(43(5)6)36-32(39(42-50-36)49-21-23-14-12-11-13-15-23)38(46)41(29,51-52(9,10)40(2,3)4)37(45)31(24)34(44)30(22)28/h11-17,20,24,29,33,45H,18-19,21H2,1-10H3/t24-,29-,33-,41-/m0/s1. The summed E-state index contributed by atoms with van der Waals surface area (Å²) in [5.41, 5.74) is 1.38. The third-order valence-electron chi connectivity index (χ3n) is 11.9. The molecule has 3 aliphatic carbocycles. The first kappa shape index (κ1) is 35.9. The summed E-state index contributed by atoms with van der Waals surface area (Å²) in [6.07, 6.45) is 0.805. The van der Waals surface area contributed by atoms with Crippen LogP contribution in [-0.4, -0.2) is 69.0 Å². The Balaban J connectivity index is 1.47. The van der Waals surface area contributed by atoms with Crippen LogP contribution in [0.25, 0.3) is 10.8 Å². The molecule has 11 heteroatoms. The molecule has 3 aliphatic rings. The number of Topliss-reactive ketones (excluding diaryl/α,β-unsaturated/α-hetero) is 2. The average molecular weight is 725 g/mol. The Kier molecular flexibility index (Phi) is 8.70. The molecule has 0 aliphatic heterocycles. The fraction of sp³-hybridized carbons (Fsp3) is 0.439. The van der Waals surface area contributed by atoms with Crippen LogP contribution in [0.3, 0.4) is 0 Å². The monoisotopic (exact) mass is 724 g/mol. The normalized spacial score (nSPS) is 22.9. The second-order valence-corrected chi connectivity index (χ2v) is 20.8. The summed E-state index contributed by atoms with van der Waals surface area (Å²) >= 11 is 0. The molecule has 1 heterocycles. The van der Waals surface area contributed by atoms with Crippen molar-refractivity contribution in [1.82, 2.24) is 10.1 Å². The number of carbonyl (C=O) groups is 2. The number of ether oxygens (including phenoxy) is 3. The molecule has 1 N–H and O–H groups in total. The third kappa shape index (κ3) is 5.22. The summed E-state index contributed by atoms with van der Waals surface area (Å²) in [6.45, 7) is 12.5. The first-order valence-electron chi connectivity index (χ1n) is 17.8. The number of nitrogens with zero attached hydrogens (tertiary/aromatic N) is 2. The molecule has 0 fully saturated rings. The van der Waals surface area contributed by atoms with Gasteiger partial charge in [-0.05, 0) is 97.8 Å². The number of hydrogen-bond acceptors (Lipinski definition) is 10. The number of aliphatic hydroxyl groups is 1. The number of rotatable bonds is 8. The Labute approximate surface area is 305 Å². The van der Waals surface area contributed by atoms with Crippen LogP contribution in [-0.2, 0) is 17.5 Å². The largest absolute Gasteiger partial charge is 0.508 e. The predicted molar refractivity (Wildman–Crippen MR) is 200 cm³/mol. The molecule has 1 aromatic heterocycles. The molecule has 0 amide bonds. The summed E-state index contributed by atoms with van der Waals surface area (Å²) in [6, 6.07) is 14.8. The number of allylic oxidation sites excluding steroid dienone is 1. The molecule has 4 atom stereocenters. The zero-order valence-corrected chi connectivity index (χ0v) is 32.7. The highest BCUT2D eigenvalue weighted by molar-refractivity contribution is 6.74. The van der Waals surface area contributed by atoms with E-state index in [9.17, 15) is 5.11 Å². The lowest BCUT2D eigenvalue weighted by Crippen LogP contribution is -2.65. The number of carbonyl (C=O) groups excluding carboxylic acids is 2. The molecule has 10 nitrogen and oxygen atoms in total. The fourth-order valence-corrected chi connectivity index (χ4v) is 9.84. The number of aromatic nitrogens is 1. The van der Waals surface area contributed by atoms with Gasteiger partial charge in [0, 0.05) is 28.0 Å². The van der Waals surface area contributed by atoms with E-state index in [1.165, 1.54) is 0 Å². The quantitative estimate of drug-likeness (QED) is 0.178. The second kappa shape index (κ2) is 12.6. The Morgan fingerprint density at radius 1 is 1.02 bits per heavy atom. The first-order valence-corrected chi connectivity index (χ1v) is 20.7. The lowest BCUT2D eigenvalue weighted by Gasteiger charge is -2.55. The van der Waals surface area contributed by atoms with E-state index in [1.807, 2.05) is 74.4 Å². The number of aryl methyl sites for hydroxylation is 1. The molecule has 0 saturated heterocycles. The summed E-state index contributed by atoms with van der Waals surface area (Å²) in [5, 5.41) is 18.5. The van der Waals surface area contributed by atoms with Gasteiger partial charge in [-0.1, -0.05) is 51.1 Å². The Bertz CT molecular complexity index is 2130. The molecule has 3 aromatic carbocycles. The van der Waals surface area contributed by atoms with Crippen molar-refractivity contribution >= 4 is 30.7 Å². The van der Waals surface area contributed by atoms with Crippen molar-refractivity contribution in [3.8, 4) is 17.4 Å². The van der Waals surface area contributed by atoms with Crippen molar-refractivity contribution in [2.75, 3.05) is 28.3 Å². The SMILES string of the molecule is COc1ccc2c(OC)c3c(c(C)c2c1)C(=O)C1=C(O)[C@]2(O[Si](C)(C)C(C)(C)C)C(=O)c4c(OCc5ccccc5)noc4[C@@H](N(C)C)[C@@H]2C[C@@H]1C3. The zero-order chi connectivity index (χ0) is 37.5. The van der Waals surface area contributed by atoms with E-state index in [0.717, 1.165) is 27.5 Å². The number of ketones is 2. The van der Waals surface area contributed by atoms with Crippen molar-refractivity contribution < 1.29 is 37.9 Å². The van der Waals surface area contributed by atoms with E-state index in [1.54, 1.807) is 14.2 Å². The number of benzene rings is 3. The van der Waals surface area contributed by atoms with E-state index < -0.39 is 37.6 Å². The highest BCUT2D eigenvalue weighted by atomic mass is 28.4. The molecular weight excluding hydrogens is 677 g/mol. The molecule has 4 aromatic rings. The molecule has 0 radical (unpaired) electrons. The molecule has 274 valence electrons. The molecule has 0 saturated carbocycles. The first-order chi connectivity index (χ1) is 24.6. The van der Waals surface area contributed by atoms with Crippen LogP contribution in [0.2, 0.25) is 18.1 Å². The van der Waals surface area contributed by atoms with Gasteiger partial charge in [-0.25, -0.2) is 0 Å². The molecule has 0 unspecified atom stereocenters. The minimum absolute atomic E-state index is 0.0357. The Morgan fingerprint density at radius 2 is 1.73 bits per heavy atom.